The second-order valence-electron chi connectivity index (χ2n) is 13.8. The molecule has 2 aromatic rings. The second kappa shape index (κ2) is 10.7. The van der Waals surface area contributed by atoms with Crippen molar-refractivity contribution < 1.29 is 38.1 Å². The number of aliphatic hydroxyl groups is 2. The van der Waals surface area contributed by atoms with E-state index in [1.165, 1.54) is 22.6 Å². The fraction of sp³-hybridized carbons (Fsp3) is 0.500. The number of allylic oxidation sites excluding steroid dienone is 4. The summed E-state index contributed by atoms with van der Waals surface area (Å²) in [6.45, 7) is 4.57. The number of aliphatic hydroxyl groups excluding tert-OH is 2. The summed E-state index contributed by atoms with van der Waals surface area (Å²) in [5, 5.41) is 21.8. The molecule has 1 aliphatic heterocycles. The lowest BCUT2D eigenvalue weighted by Crippen LogP contribution is -2.70. The van der Waals surface area contributed by atoms with Crippen molar-refractivity contribution >= 4 is 23.3 Å². The van der Waals surface area contributed by atoms with E-state index in [0.29, 0.717) is 5.56 Å². The van der Waals surface area contributed by atoms with Gasteiger partial charge >= 0.3 is 0 Å². The van der Waals surface area contributed by atoms with Gasteiger partial charge in [0.15, 0.2) is 29.1 Å². The van der Waals surface area contributed by atoms with Gasteiger partial charge in [0.2, 0.25) is 0 Å². The molecule has 238 valence electrons. The molecule has 1 saturated heterocycles. The highest BCUT2D eigenvalue weighted by molar-refractivity contribution is 7.98. The van der Waals surface area contributed by atoms with Crippen LogP contribution in [0.1, 0.15) is 56.1 Å². The molecule has 0 aromatic heterocycles. The van der Waals surface area contributed by atoms with Crippen LogP contribution in [-0.2, 0) is 24.8 Å². The van der Waals surface area contributed by atoms with Crippen molar-refractivity contribution in [2.24, 2.45) is 22.7 Å². The van der Waals surface area contributed by atoms with Crippen LogP contribution in [0.5, 0.6) is 0 Å². The van der Waals surface area contributed by atoms with Gasteiger partial charge in [-0.05, 0) is 74.4 Å². The number of fused-ring (bicyclic) bond motifs is 7. The Labute approximate surface area is 265 Å². The molecule has 0 unspecified atom stereocenters. The molecule has 0 amide bonds. The van der Waals surface area contributed by atoms with E-state index in [9.17, 15) is 19.8 Å². The third-order valence-corrected chi connectivity index (χ3v) is 12.7. The van der Waals surface area contributed by atoms with Gasteiger partial charge in [0, 0.05) is 33.0 Å². The molecule has 7 rings (SSSR count). The smallest absolute Gasteiger partial charge is 0.193 e. The van der Waals surface area contributed by atoms with Crippen LogP contribution >= 0.6 is 11.8 Å². The first-order valence-electron chi connectivity index (χ1n) is 15.6. The molecule has 6 nitrogen and oxygen atoms in total. The van der Waals surface area contributed by atoms with Crippen LogP contribution in [0.15, 0.2) is 77.2 Å². The molecular weight excluding hydrogens is 598 g/mol. The summed E-state index contributed by atoms with van der Waals surface area (Å²) < 4.78 is 46.4. The monoisotopic (exact) mass is 636 g/mol. The number of alkyl halides is 2. The van der Waals surface area contributed by atoms with E-state index in [-0.39, 0.29) is 24.8 Å². The van der Waals surface area contributed by atoms with Gasteiger partial charge in [-0.25, -0.2) is 8.78 Å². The lowest BCUT2D eigenvalue weighted by Gasteiger charge is -2.63. The largest absolute Gasteiger partial charge is 0.390 e. The number of benzene rings is 2. The maximum atomic E-state index is 17.6. The van der Waals surface area contributed by atoms with Crippen LogP contribution in [0.2, 0.25) is 0 Å². The van der Waals surface area contributed by atoms with E-state index in [1.807, 2.05) is 24.3 Å². The van der Waals surface area contributed by atoms with Crippen LogP contribution in [-0.4, -0.2) is 58.0 Å². The van der Waals surface area contributed by atoms with Gasteiger partial charge in [-0.15, -0.1) is 11.8 Å². The minimum Gasteiger partial charge on any atom is -0.390 e. The predicted octanol–water partition coefficient (Wildman–Crippen LogP) is 5.93. The first-order valence-corrected chi connectivity index (χ1v) is 16.6. The maximum Gasteiger partial charge on any atom is 0.193 e. The summed E-state index contributed by atoms with van der Waals surface area (Å²) in [5.74, 6) is -1.80. The van der Waals surface area contributed by atoms with Crippen LogP contribution < -0.4 is 0 Å². The summed E-state index contributed by atoms with van der Waals surface area (Å²) in [6.07, 6.45) is -1.30. The number of Topliss-reactive ketones (excluding diaryl/α,β-unsaturated/α-hetero) is 1. The molecule has 0 spiro atoms. The molecule has 4 fully saturated rings. The molecule has 45 heavy (non-hydrogen) atoms. The van der Waals surface area contributed by atoms with Crippen LogP contribution in [0.3, 0.4) is 0 Å². The first-order chi connectivity index (χ1) is 21.4. The van der Waals surface area contributed by atoms with Gasteiger partial charge < -0.3 is 19.7 Å². The van der Waals surface area contributed by atoms with E-state index in [1.54, 1.807) is 25.6 Å². The van der Waals surface area contributed by atoms with Gasteiger partial charge in [-0.1, -0.05) is 55.0 Å². The molecule has 5 aliphatic rings. The minimum absolute atomic E-state index is 0.0454. The Balaban J connectivity index is 1.17. The number of aryl methyl sites for hydroxylation is 1. The topological polar surface area (TPSA) is 93.1 Å². The number of ketones is 2. The molecule has 10 atom stereocenters. The average molecular weight is 637 g/mol. The van der Waals surface area contributed by atoms with Gasteiger partial charge in [-0.3, -0.25) is 9.59 Å². The SMILES string of the molecule is Cc1ccc(SCc2ccc([C@H]3O[C@@H]4C[C@H]5[C@@H]6C[C@H](F)C7=CC(=O)C=C[C@]7(C)[C@@]6(F)[C@@H](O)C[C@]5(C)[C@]4(C(=O)CO)O3)cc2)cc1. The lowest BCUT2D eigenvalue weighted by molar-refractivity contribution is -0.235. The molecule has 9 heteroatoms. The molecule has 2 N–H and O–H groups in total. The van der Waals surface area contributed by atoms with Crippen LogP contribution in [0, 0.1) is 29.6 Å². The Morgan fingerprint density at radius 1 is 1.07 bits per heavy atom. The third kappa shape index (κ3) is 4.27. The van der Waals surface area contributed by atoms with Crippen molar-refractivity contribution in [3.05, 3.63) is 89.0 Å². The van der Waals surface area contributed by atoms with Crippen molar-refractivity contribution in [1.29, 1.82) is 0 Å². The zero-order valence-corrected chi connectivity index (χ0v) is 26.4. The van der Waals surface area contributed by atoms with E-state index in [2.05, 4.69) is 31.2 Å². The number of halogens is 2. The maximum absolute atomic E-state index is 17.6. The summed E-state index contributed by atoms with van der Waals surface area (Å²) in [7, 11) is 0. The van der Waals surface area contributed by atoms with E-state index in [0.717, 1.165) is 17.4 Å². The molecule has 1 heterocycles. The van der Waals surface area contributed by atoms with Crippen molar-refractivity contribution in [3.8, 4) is 0 Å². The normalized spacial score (nSPS) is 41.6. The fourth-order valence-corrected chi connectivity index (χ4v) is 10.1. The van der Waals surface area contributed by atoms with Crippen molar-refractivity contribution in [3.63, 3.8) is 0 Å². The Morgan fingerprint density at radius 2 is 1.78 bits per heavy atom. The first kappa shape index (κ1) is 30.9. The minimum atomic E-state index is -2.28. The van der Waals surface area contributed by atoms with Crippen molar-refractivity contribution in [2.75, 3.05) is 6.61 Å². The number of thioether (sulfide) groups is 1. The summed E-state index contributed by atoms with van der Waals surface area (Å²) in [4.78, 5) is 27.0. The Morgan fingerprint density at radius 3 is 2.47 bits per heavy atom. The van der Waals surface area contributed by atoms with Crippen molar-refractivity contribution in [2.45, 2.75) is 86.6 Å². The van der Waals surface area contributed by atoms with Crippen LogP contribution in [0.25, 0.3) is 0 Å². The summed E-state index contributed by atoms with van der Waals surface area (Å²) in [6, 6.07) is 16.1. The number of carbonyl (C=O) groups excluding carboxylic acids is 2. The Bertz CT molecular complexity index is 1590. The molecule has 3 saturated carbocycles. The molecule has 2 aromatic carbocycles. The van der Waals surface area contributed by atoms with Gasteiger partial charge in [0.05, 0.1) is 12.2 Å². The van der Waals surface area contributed by atoms with Gasteiger partial charge in [0.1, 0.15) is 12.8 Å². The average Bonchev–Trinajstić information content (AvgIpc) is 3.52. The molecule has 0 radical (unpaired) electrons. The lowest BCUT2D eigenvalue weighted by atomic mass is 9.44. The third-order valence-electron chi connectivity index (χ3n) is 11.6. The van der Waals surface area contributed by atoms with Gasteiger partial charge in [0.25, 0.3) is 0 Å². The highest BCUT2D eigenvalue weighted by atomic mass is 32.2. The predicted molar refractivity (Wildman–Crippen MR) is 165 cm³/mol. The number of hydrogen-bond acceptors (Lipinski definition) is 7. The highest BCUT2D eigenvalue weighted by Crippen LogP contribution is 2.72. The summed E-state index contributed by atoms with van der Waals surface area (Å²) in [5.41, 5.74) is -3.55. The highest BCUT2D eigenvalue weighted by Gasteiger charge is 2.80. The zero-order chi connectivity index (χ0) is 31.9. The number of carbonyl (C=O) groups is 2. The second-order valence-corrected chi connectivity index (χ2v) is 14.9. The van der Waals surface area contributed by atoms with E-state index >= 15 is 8.78 Å². The Kier molecular flexibility index (Phi) is 7.34. The molecule has 4 aliphatic carbocycles. The molecular formula is C36H38F2O6S. The van der Waals surface area contributed by atoms with Crippen LogP contribution in [0.4, 0.5) is 8.78 Å². The number of hydrogen-bond donors (Lipinski definition) is 2. The quantitative estimate of drug-likeness (QED) is 0.380. The zero-order valence-electron chi connectivity index (χ0n) is 25.5. The number of ether oxygens (including phenoxy) is 2. The summed E-state index contributed by atoms with van der Waals surface area (Å²) >= 11 is 1.73. The van der Waals surface area contributed by atoms with E-state index in [4.69, 9.17) is 9.47 Å². The fourth-order valence-electron chi connectivity index (χ4n) is 9.29. The van der Waals surface area contributed by atoms with E-state index < -0.39 is 76.8 Å². The Hall–Kier alpha value is -2.69. The van der Waals surface area contributed by atoms with Gasteiger partial charge in [-0.2, -0.15) is 0 Å². The standard InChI is InChI=1S/C36H38F2O6S/c1-20-4-10-24(11-5-20)45-19-21-6-8-22(9-7-21)32-43-31-16-25-26-15-28(37)27-14-23(40)12-13-33(27,2)35(26,38)29(41)17-34(25,3)36(31,44-32)30(42)18-39/h4-14,25-26,28-29,31-32,39,41H,15-19H2,1-3H3/t25-,26-,28-,29-,31+,32-,33-,34-,35-,36+/m0/s1. The number of rotatable bonds is 6. The van der Waals surface area contributed by atoms with Crippen molar-refractivity contribution in [1.82, 2.24) is 0 Å². The molecule has 0 bridgehead atoms.